The normalized spacial score (nSPS) is 10.1. The Labute approximate surface area is 82.2 Å². The highest BCUT2D eigenvalue weighted by Gasteiger charge is 2.09. The lowest BCUT2D eigenvalue weighted by atomic mass is 10.0. The molecule has 0 saturated heterocycles. The number of carbonyl (C=O) groups excluding carboxylic acids is 1. The Bertz CT molecular complexity index is 441. The summed E-state index contributed by atoms with van der Waals surface area (Å²) < 4.78 is 5.26. The van der Waals surface area contributed by atoms with Gasteiger partial charge in [-0.25, -0.2) is 0 Å². The summed E-state index contributed by atoms with van der Waals surface area (Å²) in [5.41, 5.74) is 1.55. The van der Waals surface area contributed by atoms with Gasteiger partial charge < -0.3 is 4.42 Å². The topological polar surface area (TPSA) is 30.2 Å². The number of rotatable bonds is 2. The second-order valence-electron chi connectivity index (χ2n) is 3.08. The van der Waals surface area contributed by atoms with Crippen LogP contribution in [0.3, 0.4) is 0 Å². The van der Waals surface area contributed by atoms with Gasteiger partial charge in [0.05, 0.1) is 6.26 Å². The highest BCUT2D eigenvalue weighted by Crippen LogP contribution is 2.24. The summed E-state index contributed by atoms with van der Waals surface area (Å²) in [5.74, 6) is 0.785. The molecule has 0 saturated carbocycles. The fraction of sp³-hybridized carbons (Fsp3) is 0.0833. The van der Waals surface area contributed by atoms with Gasteiger partial charge in [0.2, 0.25) is 0 Å². The highest BCUT2D eigenvalue weighted by atomic mass is 16.3. The van der Waals surface area contributed by atoms with Crippen LogP contribution in [0.2, 0.25) is 0 Å². The van der Waals surface area contributed by atoms with Crippen LogP contribution in [0.15, 0.2) is 47.1 Å². The summed E-state index contributed by atoms with van der Waals surface area (Å²) >= 11 is 0. The van der Waals surface area contributed by atoms with Gasteiger partial charge in [-0.1, -0.05) is 24.3 Å². The largest absolute Gasteiger partial charge is 0.464 e. The van der Waals surface area contributed by atoms with Crippen molar-refractivity contribution in [2.45, 2.75) is 6.92 Å². The molecular formula is C12H10O2. The fourth-order valence-electron chi connectivity index (χ4n) is 1.44. The van der Waals surface area contributed by atoms with Crippen molar-refractivity contribution in [2.75, 3.05) is 0 Å². The first-order valence-corrected chi connectivity index (χ1v) is 4.43. The van der Waals surface area contributed by atoms with Crippen LogP contribution >= 0.6 is 0 Å². The number of Topliss-reactive ketones (excluding diaryl/α,β-unsaturated/α-hetero) is 1. The molecule has 1 heterocycles. The number of ketones is 1. The number of carbonyl (C=O) groups is 1. The Balaban J connectivity index is 2.58. The lowest BCUT2D eigenvalue weighted by Gasteiger charge is -2.02. The minimum Gasteiger partial charge on any atom is -0.464 e. The van der Waals surface area contributed by atoms with E-state index in [-0.39, 0.29) is 5.78 Å². The van der Waals surface area contributed by atoms with Crippen molar-refractivity contribution in [3.05, 3.63) is 48.2 Å². The molecule has 0 spiro atoms. The Hall–Kier alpha value is -1.83. The molecule has 2 rings (SSSR count). The predicted molar refractivity (Wildman–Crippen MR) is 54.1 cm³/mol. The SMILES string of the molecule is CC(=O)c1ccccc1-c1ccco1. The first-order chi connectivity index (χ1) is 6.79. The molecule has 0 radical (unpaired) electrons. The van der Waals surface area contributed by atoms with E-state index in [4.69, 9.17) is 4.42 Å². The minimum atomic E-state index is 0.0528. The van der Waals surface area contributed by atoms with Crippen LogP contribution in [-0.4, -0.2) is 5.78 Å². The molecule has 2 aromatic rings. The zero-order chi connectivity index (χ0) is 9.97. The van der Waals surface area contributed by atoms with Crippen molar-refractivity contribution in [2.24, 2.45) is 0 Å². The molecule has 0 amide bonds. The van der Waals surface area contributed by atoms with Crippen molar-refractivity contribution in [3.63, 3.8) is 0 Å². The van der Waals surface area contributed by atoms with E-state index in [9.17, 15) is 4.79 Å². The Morgan fingerprint density at radius 1 is 1.14 bits per heavy atom. The maximum absolute atomic E-state index is 11.3. The maximum atomic E-state index is 11.3. The molecule has 2 nitrogen and oxygen atoms in total. The molecule has 0 aliphatic heterocycles. The Morgan fingerprint density at radius 3 is 2.57 bits per heavy atom. The summed E-state index contributed by atoms with van der Waals surface area (Å²) in [6.07, 6.45) is 1.60. The predicted octanol–water partition coefficient (Wildman–Crippen LogP) is 3.15. The molecular weight excluding hydrogens is 176 g/mol. The second-order valence-corrected chi connectivity index (χ2v) is 3.08. The van der Waals surface area contributed by atoms with Gasteiger partial charge in [0.1, 0.15) is 5.76 Å². The molecule has 14 heavy (non-hydrogen) atoms. The van der Waals surface area contributed by atoms with Crippen LogP contribution in [0, 0.1) is 0 Å². The van der Waals surface area contributed by atoms with Crippen LogP contribution in [0.1, 0.15) is 17.3 Å². The van der Waals surface area contributed by atoms with E-state index in [1.54, 1.807) is 19.3 Å². The van der Waals surface area contributed by atoms with E-state index in [0.29, 0.717) is 5.56 Å². The van der Waals surface area contributed by atoms with E-state index in [1.807, 2.05) is 30.3 Å². The quantitative estimate of drug-likeness (QED) is 0.674. The maximum Gasteiger partial charge on any atom is 0.160 e. The van der Waals surface area contributed by atoms with Crippen LogP contribution in [0.5, 0.6) is 0 Å². The third-order valence-corrected chi connectivity index (χ3v) is 2.09. The molecule has 1 aromatic carbocycles. The van der Waals surface area contributed by atoms with Gasteiger partial charge in [0.25, 0.3) is 0 Å². The summed E-state index contributed by atoms with van der Waals surface area (Å²) in [5, 5.41) is 0. The molecule has 0 unspecified atom stereocenters. The van der Waals surface area contributed by atoms with E-state index >= 15 is 0 Å². The summed E-state index contributed by atoms with van der Waals surface area (Å²) in [6, 6.07) is 11.1. The molecule has 0 atom stereocenters. The summed E-state index contributed by atoms with van der Waals surface area (Å²) in [4.78, 5) is 11.3. The number of hydrogen-bond acceptors (Lipinski definition) is 2. The van der Waals surface area contributed by atoms with Gasteiger partial charge in [0, 0.05) is 11.1 Å². The van der Waals surface area contributed by atoms with Gasteiger partial charge in [-0.3, -0.25) is 4.79 Å². The van der Waals surface area contributed by atoms with Gasteiger partial charge in [-0.15, -0.1) is 0 Å². The first kappa shape index (κ1) is 8.75. The molecule has 70 valence electrons. The van der Waals surface area contributed by atoms with Gasteiger partial charge in [-0.2, -0.15) is 0 Å². The minimum absolute atomic E-state index is 0.0528. The smallest absolute Gasteiger partial charge is 0.160 e. The molecule has 0 aliphatic rings. The van der Waals surface area contributed by atoms with Crippen LogP contribution < -0.4 is 0 Å². The van der Waals surface area contributed by atoms with E-state index < -0.39 is 0 Å². The first-order valence-electron chi connectivity index (χ1n) is 4.43. The molecule has 0 aliphatic carbocycles. The van der Waals surface area contributed by atoms with Gasteiger partial charge in [0.15, 0.2) is 5.78 Å². The third-order valence-electron chi connectivity index (χ3n) is 2.09. The average molecular weight is 186 g/mol. The zero-order valence-corrected chi connectivity index (χ0v) is 7.86. The van der Waals surface area contributed by atoms with Crippen LogP contribution in [0.25, 0.3) is 11.3 Å². The Morgan fingerprint density at radius 2 is 1.93 bits per heavy atom. The summed E-state index contributed by atoms with van der Waals surface area (Å²) in [6.45, 7) is 1.56. The number of benzene rings is 1. The molecule has 2 heteroatoms. The second kappa shape index (κ2) is 3.50. The Kier molecular flexibility index (Phi) is 2.19. The molecule has 0 bridgehead atoms. The summed E-state index contributed by atoms with van der Waals surface area (Å²) in [7, 11) is 0. The van der Waals surface area contributed by atoms with Gasteiger partial charge >= 0.3 is 0 Å². The standard InChI is InChI=1S/C12H10O2/c1-9(13)10-5-2-3-6-11(10)12-7-4-8-14-12/h2-8H,1H3. The van der Waals surface area contributed by atoms with Crippen molar-refractivity contribution in [1.82, 2.24) is 0 Å². The fourth-order valence-corrected chi connectivity index (χ4v) is 1.44. The van der Waals surface area contributed by atoms with Crippen LogP contribution in [-0.2, 0) is 0 Å². The number of hydrogen-bond donors (Lipinski definition) is 0. The molecule has 0 N–H and O–H groups in total. The van der Waals surface area contributed by atoms with E-state index in [1.165, 1.54) is 0 Å². The van der Waals surface area contributed by atoms with E-state index in [2.05, 4.69) is 0 Å². The lowest BCUT2D eigenvalue weighted by Crippen LogP contribution is -1.94. The van der Waals surface area contributed by atoms with Crippen LogP contribution in [0.4, 0.5) is 0 Å². The third kappa shape index (κ3) is 1.46. The number of furan rings is 1. The lowest BCUT2D eigenvalue weighted by molar-refractivity contribution is 0.101. The average Bonchev–Trinajstić information content (AvgIpc) is 2.70. The van der Waals surface area contributed by atoms with Gasteiger partial charge in [-0.05, 0) is 19.1 Å². The zero-order valence-electron chi connectivity index (χ0n) is 7.86. The monoisotopic (exact) mass is 186 g/mol. The van der Waals surface area contributed by atoms with Crippen molar-refractivity contribution in [3.8, 4) is 11.3 Å². The molecule has 0 fully saturated rings. The molecule has 1 aromatic heterocycles. The highest BCUT2D eigenvalue weighted by molar-refractivity contribution is 6.00. The van der Waals surface area contributed by atoms with Crippen molar-refractivity contribution in [1.29, 1.82) is 0 Å². The van der Waals surface area contributed by atoms with Crippen molar-refractivity contribution >= 4 is 5.78 Å². The van der Waals surface area contributed by atoms with E-state index in [0.717, 1.165) is 11.3 Å². The van der Waals surface area contributed by atoms with Crippen molar-refractivity contribution < 1.29 is 9.21 Å².